The smallest absolute Gasteiger partial charge is 0.227 e. The summed E-state index contributed by atoms with van der Waals surface area (Å²) in [6.45, 7) is 0.801. The first-order chi connectivity index (χ1) is 15.4. The van der Waals surface area contributed by atoms with E-state index < -0.39 is 0 Å². The van der Waals surface area contributed by atoms with Crippen molar-refractivity contribution in [2.45, 2.75) is 44.3 Å². The van der Waals surface area contributed by atoms with Crippen molar-refractivity contribution < 1.29 is 14.3 Å². The maximum atomic E-state index is 13.1. The number of carbonyl (C=O) groups is 2. The van der Waals surface area contributed by atoms with Crippen LogP contribution in [0.5, 0.6) is 5.75 Å². The number of hydrogen-bond donors (Lipinski definition) is 2. The number of halogens is 3. The van der Waals surface area contributed by atoms with Crippen LogP contribution in [0.3, 0.4) is 0 Å². The number of methoxy groups -OCH3 is 1. The number of rotatable bonds is 7. The summed E-state index contributed by atoms with van der Waals surface area (Å²) in [6.07, 6.45) is 4.30. The van der Waals surface area contributed by atoms with Crippen molar-refractivity contribution in [3.8, 4) is 5.75 Å². The first-order valence-corrected chi connectivity index (χ1v) is 11.6. The predicted octanol–water partition coefficient (Wildman–Crippen LogP) is 5.61. The average molecular weight is 497 g/mol. The number of anilines is 2. The van der Waals surface area contributed by atoms with Crippen LogP contribution < -0.4 is 15.4 Å². The van der Waals surface area contributed by atoms with Crippen LogP contribution in [-0.2, 0) is 16.1 Å². The number of benzene rings is 2. The van der Waals surface area contributed by atoms with E-state index in [2.05, 4.69) is 15.5 Å². The zero-order valence-corrected chi connectivity index (χ0v) is 19.8. The monoisotopic (exact) mass is 495 g/mol. The summed E-state index contributed by atoms with van der Waals surface area (Å²) in [7, 11) is 1.51. The maximum absolute atomic E-state index is 13.1. The Morgan fingerprint density at radius 2 is 1.78 bits per heavy atom. The van der Waals surface area contributed by atoms with Crippen molar-refractivity contribution in [2.75, 3.05) is 17.7 Å². The molecular formula is C23H24Cl3N3O3. The van der Waals surface area contributed by atoms with Gasteiger partial charge in [-0.3, -0.25) is 14.5 Å². The Hall–Kier alpha value is -1.99. The van der Waals surface area contributed by atoms with Crippen LogP contribution in [0.15, 0.2) is 30.3 Å². The van der Waals surface area contributed by atoms with Crippen LogP contribution in [0.4, 0.5) is 11.4 Å². The van der Waals surface area contributed by atoms with Gasteiger partial charge in [-0.2, -0.15) is 0 Å². The lowest BCUT2D eigenvalue weighted by molar-refractivity contribution is -0.122. The van der Waals surface area contributed by atoms with Crippen molar-refractivity contribution in [1.29, 1.82) is 0 Å². The number of carbonyl (C=O) groups excluding carboxylic acids is 2. The summed E-state index contributed by atoms with van der Waals surface area (Å²) >= 11 is 18.5. The molecule has 170 valence electrons. The molecule has 0 aliphatic carbocycles. The second-order valence-corrected chi connectivity index (χ2v) is 9.48. The summed E-state index contributed by atoms with van der Waals surface area (Å²) in [4.78, 5) is 26.3. The van der Waals surface area contributed by atoms with Crippen molar-refractivity contribution in [3.05, 3.63) is 51.0 Å². The molecule has 2 N–H and O–H groups in total. The van der Waals surface area contributed by atoms with Gasteiger partial charge < -0.3 is 15.4 Å². The van der Waals surface area contributed by atoms with Gasteiger partial charge in [-0.1, -0.05) is 40.9 Å². The Kier molecular flexibility index (Phi) is 7.15. The van der Waals surface area contributed by atoms with E-state index in [4.69, 9.17) is 39.5 Å². The fraction of sp³-hybridized carbons (Fsp3) is 0.391. The first kappa shape index (κ1) is 23.2. The van der Waals surface area contributed by atoms with E-state index in [0.717, 1.165) is 37.8 Å². The van der Waals surface area contributed by atoms with Crippen LogP contribution in [0.1, 0.15) is 31.2 Å². The molecule has 2 unspecified atom stereocenters. The van der Waals surface area contributed by atoms with E-state index in [0.29, 0.717) is 50.7 Å². The molecule has 0 spiro atoms. The number of hydrogen-bond acceptors (Lipinski definition) is 4. The van der Waals surface area contributed by atoms with Crippen LogP contribution in [0.2, 0.25) is 15.1 Å². The Balaban J connectivity index is 1.43. The molecule has 9 heteroatoms. The van der Waals surface area contributed by atoms with E-state index in [1.807, 2.05) is 18.2 Å². The highest BCUT2D eigenvalue weighted by molar-refractivity contribution is 6.42. The molecule has 2 atom stereocenters. The maximum Gasteiger partial charge on any atom is 0.227 e. The lowest BCUT2D eigenvalue weighted by Gasteiger charge is -2.38. The Bertz CT molecular complexity index is 1020. The lowest BCUT2D eigenvalue weighted by atomic mass is 9.89. The third-order valence-corrected chi connectivity index (χ3v) is 7.42. The van der Waals surface area contributed by atoms with E-state index in [1.165, 1.54) is 7.11 Å². The first-order valence-electron chi connectivity index (χ1n) is 10.5. The zero-order chi connectivity index (χ0) is 22.8. The molecule has 0 radical (unpaired) electrons. The molecule has 32 heavy (non-hydrogen) atoms. The fourth-order valence-electron chi connectivity index (χ4n) is 4.82. The second kappa shape index (κ2) is 9.87. The molecule has 2 amide bonds. The Labute approximate surface area is 202 Å². The quantitative estimate of drug-likeness (QED) is 0.489. The minimum Gasteiger partial charge on any atom is -0.494 e. The van der Waals surface area contributed by atoms with Gasteiger partial charge in [-0.25, -0.2) is 0 Å². The Morgan fingerprint density at radius 3 is 2.41 bits per heavy atom. The van der Waals surface area contributed by atoms with Gasteiger partial charge in [0, 0.05) is 30.6 Å². The van der Waals surface area contributed by atoms with Gasteiger partial charge in [-0.15, -0.1) is 0 Å². The van der Waals surface area contributed by atoms with Crippen molar-refractivity contribution in [1.82, 2.24) is 4.90 Å². The van der Waals surface area contributed by atoms with Crippen molar-refractivity contribution in [3.63, 3.8) is 0 Å². The predicted molar refractivity (Wildman–Crippen MR) is 128 cm³/mol. The Morgan fingerprint density at radius 1 is 1.06 bits per heavy atom. The van der Waals surface area contributed by atoms with Crippen molar-refractivity contribution >= 4 is 58.5 Å². The zero-order valence-electron chi connectivity index (χ0n) is 17.5. The molecule has 2 aliphatic rings. The number of nitrogens with one attached hydrogen (secondary N) is 2. The summed E-state index contributed by atoms with van der Waals surface area (Å²) in [5, 5.41) is 6.93. The molecule has 0 saturated carbocycles. The molecule has 0 aromatic heterocycles. The molecular weight excluding hydrogens is 473 g/mol. The topological polar surface area (TPSA) is 70.7 Å². The van der Waals surface area contributed by atoms with E-state index in [9.17, 15) is 9.59 Å². The van der Waals surface area contributed by atoms with Crippen LogP contribution >= 0.6 is 34.8 Å². The minimum absolute atomic E-state index is 0.0402. The van der Waals surface area contributed by atoms with Gasteiger partial charge in [0.05, 0.1) is 33.6 Å². The fourth-order valence-corrected chi connectivity index (χ4v) is 5.36. The van der Waals surface area contributed by atoms with Gasteiger partial charge >= 0.3 is 0 Å². The average Bonchev–Trinajstić information content (AvgIpc) is 2.99. The van der Waals surface area contributed by atoms with E-state index in [1.54, 1.807) is 12.1 Å². The van der Waals surface area contributed by atoms with Gasteiger partial charge in [-0.05, 0) is 49.4 Å². The lowest BCUT2D eigenvalue weighted by Crippen LogP contribution is -2.45. The van der Waals surface area contributed by atoms with Crippen LogP contribution in [0, 0.1) is 5.92 Å². The third-order valence-electron chi connectivity index (χ3n) is 6.37. The normalized spacial score (nSPS) is 22.4. The van der Waals surface area contributed by atoms with E-state index in [-0.39, 0.29) is 11.8 Å². The SMILES string of the molecule is COc1cc(NC=O)c(Cl)cc1NC(=O)C1CC2CCC(C1)N2Cc1ccc(Cl)c(Cl)c1. The van der Waals surface area contributed by atoms with Crippen LogP contribution in [0.25, 0.3) is 0 Å². The van der Waals surface area contributed by atoms with Gasteiger partial charge in [0.15, 0.2) is 0 Å². The highest BCUT2D eigenvalue weighted by atomic mass is 35.5. The molecule has 2 aromatic rings. The van der Waals surface area contributed by atoms with Gasteiger partial charge in [0.1, 0.15) is 5.75 Å². The highest BCUT2D eigenvalue weighted by Gasteiger charge is 2.42. The molecule has 2 fully saturated rings. The van der Waals surface area contributed by atoms with E-state index >= 15 is 0 Å². The molecule has 4 rings (SSSR count). The van der Waals surface area contributed by atoms with Gasteiger partial charge in [0.25, 0.3) is 0 Å². The molecule has 2 aromatic carbocycles. The molecule has 2 aliphatic heterocycles. The molecule has 2 bridgehead atoms. The number of fused-ring (bicyclic) bond motifs is 2. The summed E-state index contributed by atoms with van der Waals surface area (Å²) in [6, 6.07) is 9.64. The summed E-state index contributed by atoms with van der Waals surface area (Å²) < 4.78 is 5.37. The van der Waals surface area contributed by atoms with Crippen LogP contribution in [-0.4, -0.2) is 36.4 Å². The third kappa shape index (κ3) is 4.84. The number of piperidine rings is 1. The number of nitrogens with zero attached hydrogens (tertiary/aromatic N) is 1. The standard InChI is InChI=1S/C23H24Cl3N3O3/c1-32-22-10-20(27-12-30)19(26)9-21(22)28-23(31)14-7-15-3-4-16(8-14)29(15)11-13-2-5-17(24)18(25)6-13/h2,5-6,9-10,12,14-16H,3-4,7-8,11H2,1H3,(H,27,30)(H,28,31). The highest BCUT2D eigenvalue weighted by Crippen LogP contribution is 2.41. The molecule has 2 saturated heterocycles. The number of amides is 2. The largest absolute Gasteiger partial charge is 0.494 e. The minimum atomic E-state index is -0.0891. The molecule has 2 heterocycles. The molecule has 6 nitrogen and oxygen atoms in total. The summed E-state index contributed by atoms with van der Waals surface area (Å²) in [5.41, 5.74) is 2.04. The number of ether oxygens (including phenoxy) is 1. The summed E-state index contributed by atoms with van der Waals surface area (Å²) in [5.74, 6) is 0.308. The van der Waals surface area contributed by atoms with Crippen molar-refractivity contribution in [2.24, 2.45) is 5.92 Å². The second-order valence-electron chi connectivity index (χ2n) is 8.26. The van der Waals surface area contributed by atoms with Gasteiger partial charge in [0.2, 0.25) is 12.3 Å².